The third-order valence-corrected chi connectivity index (χ3v) is 7.79. The molecule has 3 nitrogen and oxygen atoms in total. The molecule has 3 aliphatic heterocycles. The zero-order chi connectivity index (χ0) is 24.3. The highest BCUT2D eigenvalue weighted by Crippen LogP contribution is 2.49. The van der Waals surface area contributed by atoms with Crippen molar-refractivity contribution in [3.63, 3.8) is 0 Å². The molecule has 4 aliphatic rings. The van der Waals surface area contributed by atoms with Crippen LogP contribution in [-0.4, -0.2) is 6.04 Å². The van der Waals surface area contributed by atoms with Gasteiger partial charge >= 0.3 is 0 Å². The zero-order valence-corrected chi connectivity index (χ0v) is 20.1. The summed E-state index contributed by atoms with van der Waals surface area (Å²) in [5, 5.41) is 9.76. The number of hydrogen-bond acceptors (Lipinski definition) is 3. The van der Waals surface area contributed by atoms with Crippen LogP contribution in [0.3, 0.4) is 0 Å². The summed E-state index contributed by atoms with van der Waals surface area (Å²) in [4.78, 5) is 0. The van der Waals surface area contributed by atoms with Crippen LogP contribution in [0.25, 0.3) is 33.0 Å². The SMILES string of the molecule is C1=CNC2C(=C1)C=CC1=C2NC(c2ccc3c4c(cccc24)-c2ccc(-c4ccccc4)cc2O3)C=C1. The molecule has 8 rings (SSSR count). The van der Waals surface area contributed by atoms with Gasteiger partial charge in [-0.05, 0) is 69.3 Å². The highest BCUT2D eigenvalue weighted by molar-refractivity contribution is 6.06. The lowest BCUT2D eigenvalue weighted by atomic mass is 9.86. The summed E-state index contributed by atoms with van der Waals surface area (Å²) in [5.41, 5.74) is 9.69. The van der Waals surface area contributed by atoms with Crippen molar-refractivity contribution in [1.29, 1.82) is 0 Å². The minimum absolute atomic E-state index is 0.0744. The van der Waals surface area contributed by atoms with E-state index in [4.69, 9.17) is 4.74 Å². The maximum Gasteiger partial charge on any atom is 0.135 e. The maximum absolute atomic E-state index is 6.53. The molecule has 0 radical (unpaired) electrons. The van der Waals surface area contributed by atoms with E-state index in [1.54, 1.807) is 0 Å². The van der Waals surface area contributed by atoms with Crippen LogP contribution in [-0.2, 0) is 0 Å². The number of hydrogen-bond donors (Lipinski definition) is 2. The number of benzene rings is 4. The minimum Gasteiger partial charge on any atom is -0.456 e. The van der Waals surface area contributed by atoms with E-state index in [0.717, 1.165) is 22.6 Å². The fourth-order valence-electron chi connectivity index (χ4n) is 5.99. The molecule has 37 heavy (non-hydrogen) atoms. The van der Waals surface area contributed by atoms with E-state index < -0.39 is 0 Å². The van der Waals surface area contributed by atoms with Gasteiger partial charge in [-0.25, -0.2) is 0 Å². The summed E-state index contributed by atoms with van der Waals surface area (Å²) in [6.07, 6.45) is 15.2. The van der Waals surface area contributed by atoms with E-state index in [1.807, 2.05) is 12.3 Å². The van der Waals surface area contributed by atoms with Gasteiger partial charge in [0.05, 0.1) is 12.1 Å². The Morgan fingerprint density at radius 3 is 2.62 bits per heavy atom. The Kier molecular flexibility index (Phi) is 4.35. The minimum atomic E-state index is 0.0744. The Labute approximate surface area is 215 Å². The average Bonchev–Trinajstić information content (AvgIpc) is 2.97. The monoisotopic (exact) mass is 476 g/mol. The molecule has 3 heterocycles. The van der Waals surface area contributed by atoms with Crippen molar-refractivity contribution >= 4 is 10.8 Å². The van der Waals surface area contributed by atoms with E-state index in [2.05, 4.69) is 120 Å². The van der Waals surface area contributed by atoms with E-state index in [0.29, 0.717) is 0 Å². The summed E-state index contributed by atoms with van der Waals surface area (Å²) in [5.74, 6) is 1.82. The fraction of sp³-hybridized carbons (Fsp3) is 0.0588. The number of dihydropyridines is 2. The normalized spacial score (nSPS) is 20.3. The summed E-state index contributed by atoms with van der Waals surface area (Å²) in [7, 11) is 0. The van der Waals surface area contributed by atoms with E-state index >= 15 is 0 Å². The second-order valence-corrected chi connectivity index (χ2v) is 9.87. The first kappa shape index (κ1) is 20.4. The Bertz CT molecular complexity index is 1750. The van der Waals surface area contributed by atoms with Gasteiger partial charge < -0.3 is 15.4 Å². The predicted octanol–water partition coefficient (Wildman–Crippen LogP) is 7.72. The van der Waals surface area contributed by atoms with Crippen molar-refractivity contribution in [2.75, 3.05) is 0 Å². The number of nitrogens with one attached hydrogen (secondary N) is 2. The predicted molar refractivity (Wildman–Crippen MR) is 150 cm³/mol. The molecule has 4 aromatic carbocycles. The molecule has 0 amide bonds. The Morgan fingerprint density at radius 1 is 0.730 bits per heavy atom. The first-order valence-corrected chi connectivity index (χ1v) is 12.8. The first-order chi connectivity index (χ1) is 18.3. The third-order valence-electron chi connectivity index (χ3n) is 7.79. The fourth-order valence-corrected chi connectivity index (χ4v) is 5.99. The molecule has 1 aliphatic carbocycles. The molecule has 4 aromatic rings. The molecule has 0 bridgehead atoms. The highest BCUT2D eigenvalue weighted by Gasteiger charge is 2.29. The second-order valence-electron chi connectivity index (χ2n) is 9.87. The lowest BCUT2D eigenvalue weighted by Crippen LogP contribution is -2.40. The molecule has 176 valence electrons. The Balaban J connectivity index is 1.21. The topological polar surface area (TPSA) is 33.3 Å². The second kappa shape index (κ2) is 7.87. The molecule has 2 unspecified atom stereocenters. The van der Waals surface area contributed by atoms with Crippen LogP contribution in [0.1, 0.15) is 11.6 Å². The van der Waals surface area contributed by atoms with Gasteiger partial charge in [0.15, 0.2) is 0 Å². The smallest absolute Gasteiger partial charge is 0.135 e. The zero-order valence-electron chi connectivity index (χ0n) is 20.1. The number of ether oxygens (including phenoxy) is 1. The summed E-state index contributed by atoms with van der Waals surface area (Å²) < 4.78 is 6.53. The lowest BCUT2D eigenvalue weighted by molar-refractivity contribution is 0.487. The van der Waals surface area contributed by atoms with E-state index in [1.165, 1.54) is 44.3 Å². The molecule has 0 saturated heterocycles. The van der Waals surface area contributed by atoms with Crippen LogP contribution in [0, 0.1) is 0 Å². The van der Waals surface area contributed by atoms with Gasteiger partial charge in [0.1, 0.15) is 11.5 Å². The molecule has 2 atom stereocenters. The van der Waals surface area contributed by atoms with Gasteiger partial charge in [-0.3, -0.25) is 0 Å². The molecule has 0 aromatic heterocycles. The molecular weight excluding hydrogens is 452 g/mol. The van der Waals surface area contributed by atoms with Crippen LogP contribution in [0.4, 0.5) is 0 Å². The summed E-state index contributed by atoms with van der Waals surface area (Å²) >= 11 is 0. The van der Waals surface area contributed by atoms with Gasteiger partial charge in [0, 0.05) is 16.6 Å². The molecule has 0 fully saturated rings. The Hall–Kier alpha value is -4.76. The van der Waals surface area contributed by atoms with Crippen molar-refractivity contribution in [3.05, 3.63) is 144 Å². The first-order valence-electron chi connectivity index (χ1n) is 12.8. The molecule has 0 saturated carbocycles. The standard InChI is InChI=1S/C34H24N2O/c1-2-6-21(7-3-1)24-13-15-26-28-10-4-9-27-25(16-18-30(32(27)28)37-31(26)20-24)29-17-14-23-12-11-22-8-5-19-35-33(22)34(23)36-29/h1-20,29,33,35-36H. The third kappa shape index (κ3) is 3.14. The van der Waals surface area contributed by atoms with Crippen LogP contribution in [0.2, 0.25) is 0 Å². The van der Waals surface area contributed by atoms with Crippen molar-refractivity contribution in [3.8, 4) is 33.8 Å². The Morgan fingerprint density at radius 2 is 1.68 bits per heavy atom. The molecule has 0 spiro atoms. The van der Waals surface area contributed by atoms with Crippen molar-refractivity contribution in [1.82, 2.24) is 10.6 Å². The highest BCUT2D eigenvalue weighted by atomic mass is 16.5. The maximum atomic E-state index is 6.53. The number of allylic oxidation sites excluding steroid dienone is 5. The average molecular weight is 477 g/mol. The van der Waals surface area contributed by atoms with Crippen molar-refractivity contribution in [2.24, 2.45) is 0 Å². The van der Waals surface area contributed by atoms with Gasteiger partial charge in [0.25, 0.3) is 0 Å². The van der Waals surface area contributed by atoms with Gasteiger partial charge in [-0.1, -0.05) is 91.0 Å². The quantitative estimate of drug-likeness (QED) is 0.274. The lowest BCUT2D eigenvalue weighted by Gasteiger charge is -2.35. The summed E-state index contributed by atoms with van der Waals surface area (Å²) in [6.45, 7) is 0. The van der Waals surface area contributed by atoms with Gasteiger partial charge in [-0.15, -0.1) is 0 Å². The van der Waals surface area contributed by atoms with Crippen molar-refractivity contribution in [2.45, 2.75) is 12.1 Å². The number of rotatable bonds is 2. The molecule has 2 N–H and O–H groups in total. The van der Waals surface area contributed by atoms with E-state index in [9.17, 15) is 0 Å². The molecular formula is C34H24N2O. The van der Waals surface area contributed by atoms with Crippen LogP contribution >= 0.6 is 0 Å². The largest absolute Gasteiger partial charge is 0.456 e. The van der Waals surface area contributed by atoms with Crippen LogP contribution in [0.15, 0.2) is 138 Å². The van der Waals surface area contributed by atoms with Gasteiger partial charge in [0.2, 0.25) is 0 Å². The van der Waals surface area contributed by atoms with Crippen LogP contribution < -0.4 is 15.4 Å². The van der Waals surface area contributed by atoms with Gasteiger partial charge in [-0.2, -0.15) is 0 Å². The molecule has 3 heteroatoms. The summed E-state index contributed by atoms with van der Waals surface area (Å²) in [6, 6.07) is 28.2. The van der Waals surface area contributed by atoms with Crippen LogP contribution in [0.5, 0.6) is 11.5 Å². The van der Waals surface area contributed by atoms with E-state index in [-0.39, 0.29) is 12.1 Å². The van der Waals surface area contributed by atoms with Crippen molar-refractivity contribution < 1.29 is 4.74 Å². The number of fused-ring (bicyclic) bond motifs is 4.